The molecule has 1 amide bonds. The van der Waals surface area contributed by atoms with Gasteiger partial charge in [-0.15, -0.1) is 0 Å². The summed E-state index contributed by atoms with van der Waals surface area (Å²) in [7, 11) is 0. The van der Waals surface area contributed by atoms with E-state index in [1.807, 2.05) is 103 Å². The van der Waals surface area contributed by atoms with Gasteiger partial charge in [0.15, 0.2) is 0 Å². The molecule has 0 heterocycles. The van der Waals surface area contributed by atoms with Gasteiger partial charge in [0, 0.05) is 0 Å². The topological polar surface area (TPSA) is 62.1 Å². The second-order valence-corrected chi connectivity index (χ2v) is 7.27. The van der Waals surface area contributed by atoms with Crippen molar-refractivity contribution in [3.8, 4) is 6.07 Å². The summed E-state index contributed by atoms with van der Waals surface area (Å²) < 4.78 is 5.44. The Morgan fingerprint density at radius 3 is 2.23 bits per heavy atom. The van der Waals surface area contributed by atoms with Gasteiger partial charge in [-0.25, -0.2) is 4.79 Å². The van der Waals surface area contributed by atoms with Gasteiger partial charge in [0.25, 0.3) is 0 Å². The summed E-state index contributed by atoms with van der Waals surface area (Å²) in [4.78, 5) is 12.7. The van der Waals surface area contributed by atoms with Gasteiger partial charge < -0.3 is 10.1 Å². The van der Waals surface area contributed by atoms with Gasteiger partial charge in [0.2, 0.25) is 0 Å². The van der Waals surface area contributed by atoms with E-state index in [4.69, 9.17) is 4.74 Å². The first-order chi connectivity index (χ1) is 15.3. The third-order valence-corrected chi connectivity index (χ3v) is 5.28. The Hall–Kier alpha value is -4.10. The lowest BCUT2D eigenvalue weighted by atomic mass is 9.85. The maximum absolute atomic E-state index is 12.7. The number of amides is 1. The lowest BCUT2D eigenvalue weighted by Crippen LogP contribution is -2.32. The summed E-state index contributed by atoms with van der Waals surface area (Å²) in [6.45, 7) is 0.166. The van der Waals surface area contributed by atoms with E-state index in [0.717, 1.165) is 27.5 Å². The number of hydrogen-bond donors (Lipinski definition) is 1. The van der Waals surface area contributed by atoms with Crippen molar-refractivity contribution in [3.05, 3.63) is 120 Å². The second-order valence-electron chi connectivity index (χ2n) is 7.27. The number of hydrogen-bond acceptors (Lipinski definition) is 3. The van der Waals surface area contributed by atoms with Gasteiger partial charge in [-0.3, -0.25) is 0 Å². The average Bonchev–Trinajstić information content (AvgIpc) is 2.84. The predicted molar refractivity (Wildman–Crippen MR) is 121 cm³/mol. The van der Waals surface area contributed by atoms with Crippen molar-refractivity contribution < 1.29 is 9.53 Å². The Kier molecular flexibility index (Phi) is 6.25. The van der Waals surface area contributed by atoms with Crippen LogP contribution in [0, 0.1) is 11.3 Å². The summed E-state index contributed by atoms with van der Waals surface area (Å²) in [6.07, 6.45) is -0.557. The van der Waals surface area contributed by atoms with E-state index in [1.165, 1.54) is 0 Å². The molecule has 0 aliphatic heterocycles. The number of rotatable bonds is 6. The summed E-state index contributed by atoms with van der Waals surface area (Å²) in [5.41, 5.74) is 2.62. The molecular weight excluding hydrogens is 384 g/mol. The number of benzene rings is 4. The van der Waals surface area contributed by atoms with E-state index >= 15 is 0 Å². The van der Waals surface area contributed by atoms with Crippen LogP contribution < -0.4 is 5.32 Å². The highest BCUT2D eigenvalue weighted by molar-refractivity contribution is 5.86. The minimum Gasteiger partial charge on any atom is -0.445 e. The number of nitriles is 1. The number of alkyl carbamates (subject to hydrolysis) is 1. The van der Waals surface area contributed by atoms with Gasteiger partial charge in [-0.2, -0.15) is 5.26 Å². The van der Waals surface area contributed by atoms with E-state index in [1.54, 1.807) is 0 Å². The zero-order chi connectivity index (χ0) is 21.5. The zero-order valence-corrected chi connectivity index (χ0v) is 16.9. The van der Waals surface area contributed by atoms with E-state index in [0.29, 0.717) is 0 Å². The number of carbonyl (C=O) groups excluding carboxylic acids is 1. The molecule has 0 bridgehead atoms. The van der Waals surface area contributed by atoms with Gasteiger partial charge in [-0.1, -0.05) is 103 Å². The first-order valence-corrected chi connectivity index (χ1v) is 10.2. The number of ether oxygens (including phenoxy) is 1. The molecule has 0 saturated carbocycles. The van der Waals surface area contributed by atoms with Gasteiger partial charge in [0.1, 0.15) is 6.61 Å². The van der Waals surface area contributed by atoms with Crippen LogP contribution in [0.1, 0.15) is 28.7 Å². The van der Waals surface area contributed by atoms with Crippen LogP contribution in [0.3, 0.4) is 0 Å². The minimum absolute atomic E-state index is 0.166. The van der Waals surface area contributed by atoms with Crippen molar-refractivity contribution in [1.82, 2.24) is 5.32 Å². The maximum Gasteiger partial charge on any atom is 0.408 e. The average molecular weight is 406 g/mol. The SMILES string of the molecule is N#C[C@H](c1cccc2ccccc12)[C@H](NC(=O)OCc1ccccc1)c1ccccc1. The van der Waals surface area contributed by atoms with Crippen LogP contribution >= 0.6 is 0 Å². The highest BCUT2D eigenvalue weighted by Crippen LogP contribution is 2.34. The summed E-state index contributed by atoms with van der Waals surface area (Å²) in [5.74, 6) is -0.585. The monoisotopic (exact) mass is 406 g/mol. The maximum atomic E-state index is 12.7. The summed E-state index contributed by atoms with van der Waals surface area (Å²) in [5, 5.41) is 15.1. The van der Waals surface area contributed by atoms with Crippen molar-refractivity contribution in [2.75, 3.05) is 0 Å². The van der Waals surface area contributed by atoms with Crippen LogP contribution in [0.15, 0.2) is 103 Å². The van der Waals surface area contributed by atoms with E-state index in [9.17, 15) is 10.1 Å². The van der Waals surface area contributed by atoms with E-state index < -0.39 is 18.1 Å². The molecule has 4 aromatic rings. The molecule has 4 nitrogen and oxygen atoms in total. The first kappa shape index (κ1) is 20.2. The molecule has 0 unspecified atom stereocenters. The van der Waals surface area contributed by atoms with E-state index in [-0.39, 0.29) is 6.61 Å². The molecule has 0 radical (unpaired) electrons. The molecule has 0 spiro atoms. The predicted octanol–water partition coefficient (Wildman–Crippen LogP) is 6.11. The van der Waals surface area contributed by atoms with Crippen molar-refractivity contribution in [3.63, 3.8) is 0 Å². The fourth-order valence-electron chi connectivity index (χ4n) is 3.76. The molecule has 0 aliphatic carbocycles. The molecule has 2 atom stereocenters. The van der Waals surface area contributed by atoms with Crippen molar-refractivity contribution in [2.24, 2.45) is 0 Å². The molecule has 1 N–H and O–H groups in total. The van der Waals surface area contributed by atoms with Crippen molar-refractivity contribution in [2.45, 2.75) is 18.6 Å². The molecule has 0 fully saturated rings. The molecule has 4 aromatic carbocycles. The molecule has 4 rings (SSSR count). The molecule has 0 aromatic heterocycles. The molecule has 4 heteroatoms. The van der Waals surface area contributed by atoms with Crippen LogP contribution in [0.5, 0.6) is 0 Å². The Morgan fingerprint density at radius 2 is 1.48 bits per heavy atom. The molecule has 0 aliphatic rings. The Balaban J connectivity index is 1.64. The van der Waals surface area contributed by atoms with Crippen LogP contribution in [0.4, 0.5) is 4.79 Å². The lowest BCUT2D eigenvalue weighted by Gasteiger charge is -2.25. The van der Waals surface area contributed by atoms with Crippen LogP contribution in [-0.4, -0.2) is 6.09 Å². The molecular formula is C27H22N2O2. The van der Waals surface area contributed by atoms with Crippen LogP contribution in [0.25, 0.3) is 10.8 Å². The lowest BCUT2D eigenvalue weighted by molar-refractivity contribution is 0.135. The minimum atomic E-state index is -0.585. The first-order valence-electron chi connectivity index (χ1n) is 10.2. The normalized spacial score (nSPS) is 12.5. The molecule has 31 heavy (non-hydrogen) atoms. The third kappa shape index (κ3) is 4.73. The quantitative estimate of drug-likeness (QED) is 0.420. The summed E-state index contributed by atoms with van der Waals surface area (Å²) in [6, 6.07) is 34.8. The Morgan fingerprint density at radius 1 is 0.839 bits per heavy atom. The fraction of sp³-hybridized carbons (Fsp3) is 0.111. The van der Waals surface area contributed by atoms with E-state index in [2.05, 4.69) is 11.4 Å². The molecule has 0 saturated heterocycles. The van der Waals surface area contributed by atoms with Crippen molar-refractivity contribution in [1.29, 1.82) is 5.26 Å². The Labute approximate surface area is 181 Å². The van der Waals surface area contributed by atoms with Crippen LogP contribution in [0.2, 0.25) is 0 Å². The fourth-order valence-corrected chi connectivity index (χ4v) is 3.76. The largest absolute Gasteiger partial charge is 0.445 e. The zero-order valence-electron chi connectivity index (χ0n) is 16.9. The standard InChI is InChI=1S/C27H22N2O2/c28-18-25(24-17-9-15-21-12-7-8-16-23(21)24)26(22-13-5-2-6-14-22)29-27(30)31-19-20-10-3-1-4-11-20/h1-17,25-26H,19H2,(H,29,30)/t25-,26-/m1/s1. The van der Waals surface area contributed by atoms with Crippen molar-refractivity contribution >= 4 is 16.9 Å². The Bertz CT molecular complexity index is 1190. The molecule has 152 valence electrons. The number of fused-ring (bicyclic) bond motifs is 1. The third-order valence-electron chi connectivity index (χ3n) is 5.28. The number of nitrogens with zero attached hydrogens (tertiary/aromatic N) is 1. The number of carbonyl (C=O) groups is 1. The number of nitrogens with one attached hydrogen (secondary N) is 1. The highest BCUT2D eigenvalue weighted by Gasteiger charge is 2.28. The highest BCUT2D eigenvalue weighted by atomic mass is 16.5. The smallest absolute Gasteiger partial charge is 0.408 e. The van der Waals surface area contributed by atoms with Crippen LogP contribution in [-0.2, 0) is 11.3 Å². The van der Waals surface area contributed by atoms with Gasteiger partial charge in [0.05, 0.1) is 18.0 Å². The second kappa shape index (κ2) is 9.60. The van der Waals surface area contributed by atoms with Gasteiger partial charge in [-0.05, 0) is 27.5 Å². The summed E-state index contributed by atoms with van der Waals surface area (Å²) >= 11 is 0. The van der Waals surface area contributed by atoms with Gasteiger partial charge >= 0.3 is 6.09 Å².